The molecular weight excluding hydrogens is 398 g/mol. The van der Waals surface area contributed by atoms with Crippen LogP contribution in [-0.2, 0) is 16.0 Å². The molecule has 2 amide bonds. The van der Waals surface area contributed by atoms with Gasteiger partial charge in [-0.1, -0.05) is 30.3 Å². The molecule has 0 saturated heterocycles. The molecule has 168 valence electrons. The summed E-state index contributed by atoms with van der Waals surface area (Å²) in [5.41, 5.74) is 0.623. The van der Waals surface area contributed by atoms with Crippen molar-refractivity contribution in [2.45, 2.75) is 39.5 Å². The summed E-state index contributed by atoms with van der Waals surface area (Å²) in [6.07, 6.45) is 2.52. The van der Waals surface area contributed by atoms with E-state index in [4.69, 9.17) is 9.47 Å². The van der Waals surface area contributed by atoms with Crippen LogP contribution in [0, 0.1) is 0 Å². The van der Waals surface area contributed by atoms with E-state index in [1.165, 1.54) is 23.9 Å². The molecule has 0 atom stereocenters. The molecule has 1 aromatic heterocycles. The van der Waals surface area contributed by atoms with Crippen molar-refractivity contribution in [2.24, 2.45) is 0 Å². The number of rotatable bonds is 12. The van der Waals surface area contributed by atoms with Gasteiger partial charge in [0, 0.05) is 39.4 Å². The van der Waals surface area contributed by atoms with Gasteiger partial charge in [0.25, 0.3) is 17.4 Å². The summed E-state index contributed by atoms with van der Waals surface area (Å²) in [6, 6.07) is 10.7. The Morgan fingerprint density at radius 1 is 1.06 bits per heavy atom. The van der Waals surface area contributed by atoms with Gasteiger partial charge in [-0.3, -0.25) is 14.4 Å². The number of carbonyl (C=O) groups excluding carboxylic acids is 2. The highest BCUT2D eigenvalue weighted by atomic mass is 16.7. The first-order valence-corrected chi connectivity index (χ1v) is 10.5. The molecule has 0 aliphatic rings. The van der Waals surface area contributed by atoms with E-state index in [2.05, 4.69) is 10.6 Å². The highest BCUT2D eigenvalue weighted by Crippen LogP contribution is 2.07. The molecule has 0 spiro atoms. The average Bonchev–Trinajstić information content (AvgIpc) is 2.78. The molecule has 0 aliphatic heterocycles. The van der Waals surface area contributed by atoms with Crippen LogP contribution in [0.15, 0.2) is 47.4 Å². The van der Waals surface area contributed by atoms with Gasteiger partial charge in [-0.05, 0) is 31.9 Å². The number of aromatic nitrogens is 1. The minimum absolute atomic E-state index is 0.0705. The molecule has 0 saturated carbocycles. The number of ether oxygens (including phenoxy) is 2. The van der Waals surface area contributed by atoms with Crippen LogP contribution in [0.5, 0.6) is 0 Å². The smallest absolute Gasteiger partial charge is 0.263 e. The minimum atomic E-state index is -0.530. The third kappa shape index (κ3) is 7.34. The highest BCUT2D eigenvalue weighted by molar-refractivity contribution is 5.99. The summed E-state index contributed by atoms with van der Waals surface area (Å²) in [5.74, 6) is -0.880. The standard InChI is InChI=1S/C23H31N3O5/c1-4-30-20(31-5-2)12-9-13-25-21(27)18-14-19(22(28)24-3)23(29)26(16-18)15-17-10-7-6-8-11-17/h6-8,10-11,14,16,20H,4-5,9,12-13,15H2,1-3H3,(H,24,28)(H,25,27). The van der Waals surface area contributed by atoms with E-state index >= 15 is 0 Å². The fourth-order valence-corrected chi connectivity index (χ4v) is 3.11. The molecule has 1 aromatic carbocycles. The van der Waals surface area contributed by atoms with Crippen LogP contribution in [0.3, 0.4) is 0 Å². The molecule has 2 N–H and O–H groups in total. The first kappa shape index (κ1) is 24.3. The van der Waals surface area contributed by atoms with Gasteiger partial charge in [0.05, 0.1) is 12.1 Å². The largest absolute Gasteiger partial charge is 0.355 e. The van der Waals surface area contributed by atoms with Crippen LogP contribution < -0.4 is 16.2 Å². The molecule has 0 radical (unpaired) electrons. The molecule has 0 unspecified atom stereocenters. The lowest BCUT2D eigenvalue weighted by molar-refractivity contribution is -0.139. The fraction of sp³-hybridized carbons (Fsp3) is 0.435. The number of nitrogens with zero attached hydrogens (tertiary/aromatic N) is 1. The van der Waals surface area contributed by atoms with Crippen molar-refractivity contribution < 1.29 is 19.1 Å². The van der Waals surface area contributed by atoms with E-state index in [-0.39, 0.29) is 29.9 Å². The quantitative estimate of drug-likeness (QED) is 0.398. The molecule has 0 bridgehead atoms. The van der Waals surface area contributed by atoms with Crippen LogP contribution in [0.2, 0.25) is 0 Å². The second-order valence-corrected chi connectivity index (χ2v) is 6.88. The maximum absolute atomic E-state index is 12.7. The van der Waals surface area contributed by atoms with Crippen molar-refractivity contribution in [3.05, 3.63) is 69.6 Å². The van der Waals surface area contributed by atoms with Crippen LogP contribution in [0.25, 0.3) is 0 Å². The van der Waals surface area contributed by atoms with Gasteiger partial charge in [0.15, 0.2) is 6.29 Å². The van der Waals surface area contributed by atoms with Gasteiger partial charge in [-0.2, -0.15) is 0 Å². The van der Waals surface area contributed by atoms with E-state index in [1.807, 2.05) is 44.2 Å². The van der Waals surface area contributed by atoms with Crippen LogP contribution >= 0.6 is 0 Å². The SMILES string of the molecule is CCOC(CCCNC(=O)c1cc(C(=O)NC)c(=O)n(Cc2ccccc2)c1)OCC. The van der Waals surface area contributed by atoms with Crippen LogP contribution in [0.1, 0.15) is 53.0 Å². The van der Waals surface area contributed by atoms with E-state index in [9.17, 15) is 14.4 Å². The van der Waals surface area contributed by atoms with E-state index in [0.29, 0.717) is 32.6 Å². The zero-order valence-corrected chi connectivity index (χ0v) is 18.3. The molecule has 0 aliphatic carbocycles. The lowest BCUT2D eigenvalue weighted by Gasteiger charge is -2.17. The third-order valence-corrected chi connectivity index (χ3v) is 4.62. The van der Waals surface area contributed by atoms with E-state index in [1.54, 1.807) is 0 Å². The van der Waals surface area contributed by atoms with Gasteiger partial charge in [-0.15, -0.1) is 0 Å². The molecule has 31 heavy (non-hydrogen) atoms. The van der Waals surface area contributed by atoms with Gasteiger partial charge >= 0.3 is 0 Å². The summed E-state index contributed by atoms with van der Waals surface area (Å²) in [5, 5.41) is 5.29. The molecular formula is C23H31N3O5. The predicted octanol–water partition coefficient (Wildman–Crippen LogP) is 2.17. The summed E-state index contributed by atoms with van der Waals surface area (Å²) < 4.78 is 12.4. The van der Waals surface area contributed by atoms with Crippen molar-refractivity contribution in [1.82, 2.24) is 15.2 Å². The lowest BCUT2D eigenvalue weighted by Crippen LogP contribution is -2.34. The Bertz CT molecular complexity index is 905. The number of pyridine rings is 1. The van der Waals surface area contributed by atoms with Crippen molar-refractivity contribution in [3.8, 4) is 0 Å². The molecule has 1 heterocycles. The zero-order valence-electron chi connectivity index (χ0n) is 18.3. The van der Waals surface area contributed by atoms with Crippen LogP contribution in [-0.4, -0.2) is 49.5 Å². The molecule has 0 fully saturated rings. The molecule has 8 heteroatoms. The second-order valence-electron chi connectivity index (χ2n) is 6.88. The van der Waals surface area contributed by atoms with Crippen molar-refractivity contribution in [1.29, 1.82) is 0 Å². The minimum Gasteiger partial charge on any atom is -0.355 e. The summed E-state index contributed by atoms with van der Waals surface area (Å²) in [7, 11) is 1.45. The second kappa shape index (κ2) is 12.7. The average molecular weight is 430 g/mol. The molecule has 2 aromatic rings. The summed E-state index contributed by atoms with van der Waals surface area (Å²) >= 11 is 0. The Morgan fingerprint density at radius 3 is 2.35 bits per heavy atom. The maximum Gasteiger partial charge on any atom is 0.263 e. The number of hydrogen-bond acceptors (Lipinski definition) is 5. The number of hydrogen-bond donors (Lipinski definition) is 2. The number of nitrogens with one attached hydrogen (secondary N) is 2. The van der Waals surface area contributed by atoms with Gasteiger partial charge in [-0.25, -0.2) is 0 Å². The number of benzene rings is 1. The third-order valence-electron chi connectivity index (χ3n) is 4.62. The maximum atomic E-state index is 12.7. The van der Waals surface area contributed by atoms with Gasteiger partial charge < -0.3 is 24.7 Å². The number of carbonyl (C=O) groups is 2. The van der Waals surface area contributed by atoms with Crippen molar-refractivity contribution in [3.63, 3.8) is 0 Å². The first-order chi connectivity index (χ1) is 15.0. The highest BCUT2D eigenvalue weighted by Gasteiger charge is 2.17. The topological polar surface area (TPSA) is 98.7 Å². The normalized spacial score (nSPS) is 10.8. The Balaban J connectivity index is 2.13. The van der Waals surface area contributed by atoms with Crippen molar-refractivity contribution >= 4 is 11.8 Å². The summed E-state index contributed by atoms with van der Waals surface area (Å²) in [6.45, 7) is 5.60. The summed E-state index contributed by atoms with van der Waals surface area (Å²) in [4.78, 5) is 37.6. The van der Waals surface area contributed by atoms with Gasteiger partial charge in [0.1, 0.15) is 5.56 Å². The van der Waals surface area contributed by atoms with Crippen molar-refractivity contribution in [2.75, 3.05) is 26.8 Å². The monoisotopic (exact) mass is 429 g/mol. The Morgan fingerprint density at radius 2 is 1.74 bits per heavy atom. The van der Waals surface area contributed by atoms with E-state index in [0.717, 1.165) is 5.56 Å². The van der Waals surface area contributed by atoms with Gasteiger partial charge in [0.2, 0.25) is 0 Å². The number of amides is 2. The first-order valence-electron chi connectivity index (χ1n) is 10.5. The van der Waals surface area contributed by atoms with Crippen LogP contribution in [0.4, 0.5) is 0 Å². The lowest BCUT2D eigenvalue weighted by atomic mass is 10.1. The zero-order chi connectivity index (χ0) is 22.6. The molecule has 2 rings (SSSR count). The Hall–Kier alpha value is -2.97. The fourth-order valence-electron chi connectivity index (χ4n) is 3.11. The Labute approximate surface area is 182 Å². The predicted molar refractivity (Wildman–Crippen MR) is 118 cm³/mol. The van der Waals surface area contributed by atoms with E-state index < -0.39 is 11.5 Å². The Kier molecular flexibility index (Phi) is 9.93. The molecule has 8 nitrogen and oxygen atoms in total.